The van der Waals surface area contributed by atoms with Gasteiger partial charge in [0.2, 0.25) is 0 Å². The third kappa shape index (κ3) is 2.88. The molecule has 0 saturated carbocycles. The lowest BCUT2D eigenvalue weighted by molar-refractivity contribution is 0.207. The summed E-state index contributed by atoms with van der Waals surface area (Å²) in [5, 5.41) is 0. The van der Waals surface area contributed by atoms with Crippen LogP contribution in [0.2, 0.25) is 0 Å². The van der Waals surface area contributed by atoms with E-state index in [9.17, 15) is 0 Å². The van der Waals surface area contributed by atoms with Crippen molar-refractivity contribution in [3.63, 3.8) is 0 Å². The number of fused-ring (bicyclic) bond motifs is 1. The van der Waals surface area contributed by atoms with E-state index in [0.717, 1.165) is 5.52 Å². The number of imidazole rings is 1. The molecule has 108 valence electrons. The zero-order valence-electron chi connectivity index (χ0n) is 12.7. The van der Waals surface area contributed by atoms with Gasteiger partial charge in [-0.2, -0.15) is 0 Å². The fourth-order valence-corrected chi connectivity index (χ4v) is 3.15. The van der Waals surface area contributed by atoms with E-state index in [-0.39, 0.29) is 0 Å². The van der Waals surface area contributed by atoms with Gasteiger partial charge in [0.25, 0.3) is 0 Å². The smallest absolute Gasteiger partial charge is 0.110 e. The van der Waals surface area contributed by atoms with Crippen LogP contribution < -0.4 is 0 Å². The fraction of sp³-hybridized carbons (Fsp3) is 0.588. The number of H-pyrrole nitrogens is 1. The number of likely N-dealkylation sites (tertiary alicyclic amines) is 1. The van der Waals surface area contributed by atoms with Crippen molar-refractivity contribution in [2.24, 2.45) is 0 Å². The number of aromatic amines is 1. The number of unbranched alkanes of at least 4 members (excludes halogenated alkanes) is 1. The second-order valence-corrected chi connectivity index (χ2v) is 6.11. The fourth-order valence-electron chi connectivity index (χ4n) is 3.15. The Bertz CT molecular complexity index is 565. The van der Waals surface area contributed by atoms with E-state index in [1.165, 1.54) is 62.2 Å². The molecule has 20 heavy (non-hydrogen) atoms. The molecule has 1 aliphatic rings. The maximum Gasteiger partial charge on any atom is 0.110 e. The van der Waals surface area contributed by atoms with Gasteiger partial charge in [0.05, 0.1) is 11.0 Å². The van der Waals surface area contributed by atoms with Crippen LogP contribution in [0.25, 0.3) is 11.0 Å². The van der Waals surface area contributed by atoms with Crippen LogP contribution in [0.1, 0.15) is 49.9 Å². The Labute approximate surface area is 121 Å². The zero-order valence-corrected chi connectivity index (χ0v) is 12.7. The topological polar surface area (TPSA) is 31.9 Å². The summed E-state index contributed by atoms with van der Waals surface area (Å²) in [6.45, 7) is 8.11. The van der Waals surface area contributed by atoms with Crippen molar-refractivity contribution in [2.75, 3.05) is 19.6 Å². The lowest BCUT2D eigenvalue weighted by Gasteiger charge is -2.30. The van der Waals surface area contributed by atoms with Crippen LogP contribution in [0.15, 0.2) is 18.2 Å². The summed E-state index contributed by atoms with van der Waals surface area (Å²) in [5.41, 5.74) is 3.59. The molecule has 0 radical (unpaired) electrons. The van der Waals surface area contributed by atoms with E-state index in [2.05, 4.69) is 41.9 Å². The van der Waals surface area contributed by atoms with Crippen LogP contribution in [-0.2, 0) is 0 Å². The average molecular weight is 271 g/mol. The molecule has 0 spiro atoms. The summed E-state index contributed by atoms with van der Waals surface area (Å²) >= 11 is 0. The zero-order chi connectivity index (χ0) is 13.9. The van der Waals surface area contributed by atoms with Crippen LogP contribution in [0, 0.1) is 6.92 Å². The SMILES string of the molecule is CCCCN1CCC(c2nc3ccc(C)cc3[nH]2)CC1. The van der Waals surface area contributed by atoms with E-state index in [1.54, 1.807) is 0 Å². The lowest BCUT2D eigenvalue weighted by atomic mass is 9.96. The van der Waals surface area contributed by atoms with E-state index in [1.807, 2.05) is 0 Å². The van der Waals surface area contributed by atoms with E-state index in [4.69, 9.17) is 4.98 Å². The minimum atomic E-state index is 0.612. The highest BCUT2D eigenvalue weighted by Crippen LogP contribution is 2.28. The molecule has 0 aliphatic carbocycles. The molecule has 1 saturated heterocycles. The summed E-state index contributed by atoms with van der Waals surface area (Å²) in [7, 11) is 0. The summed E-state index contributed by atoms with van der Waals surface area (Å²) < 4.78 is 0. The van der Waals surface area contributed by atoms with Crippen LogP contribution >= 0.6 is 0 Å². The predicted molar refractivity (Wildman–Crippen MR) is 84.2 cm³/mol. The molecule has 2 aromatic rings. The number of nitrogens with zero attached hydrogens (tertiary/aromatic N) is 2. The minimum Gasteiger partial charge on any atom is -0.342 e. The van der Waals surface area contributed by atoms with Crippen LogP contribution in [0.4, 0.5) is 0 Å². The van der Waals surface area contributed by atoms with Crippen molar-refractivity contribution >= 4 is 11.0 Å². The van der Waals surface area contributed by atoms with Crippen molar-refractivity contribution in [1.82, 2.24) is 14.9 Å². The summed E-state index contributed by atoms with van der Waals surface area (Å²) in [5.74, 6) is 1.81. The van der Waals surface area contributed by atoms with Gasteiger partial charge in [0, 0.05) is 5.92 Å². The molecular weight excluding hydrogens is 246 g/mol. The number of hydrogen-bond acceptors (Lipinski definition) is 2. The largest absolute Gasteiger partial charge is 0.342 e. The van der Waals surface area contributed by atoms with Gasteiger partial charge in [-0.15, -0.1) is 0 Å². The van der Waals surface area contributed by atoms with Gasteiger partial charge in [-0.25, -0.2) is 4.98 Å². The summed E-state index contributed by atoms with van der Waals surface area (Å²) in [6.07, 6.45) is 5.10. The van der Waals surface area contributed by atoms with Crippen molar-refractivity contribution < 1.29 is 0 Å². The molecular formula is C17H25N3. The first kappa shape index (κ1) is 13.6. The number of nitrogens with one attached hydrogen (secondary N) is 1. The van der Waals surface area contributed by atoms with Gasteiger partial charge in [0.15, 0.2) is 0 Å². The number of benzene rings is 1. The average Bonchev–Trinajstić information content (AvgIpc) is 2.88. The number of aromatic nitrogens is 2. The van der Waals surface area contributed by atoms with E-state index < -0.39 is 0 Å². The molecule has 2 heterocycles. The van der Waals surface area contributed by atoms with Gasteiger partial charge in [0.1, 0.15) is 5.82 Å². The molecule has 1 aromatic heterocycles. The molecule has 1 aromatic carbocycles. The third-order valence-electron chi connectivity index (χ3n) is 4.46. The molecule has 0 unspecified atom stereocenters. The first-order valence-corrected chi connectivity index (χ1v) is 7.95. The van der Waals surface area contributed by atoms with Gasteiger partial charge in [-0.1, -0.05) is 19.4 Å². The first-order valence-electron chi connectivity index (χ1n) is 7.95. The maximum absolute atomic E-state index is 4.79. The number of piperidine rings is 1. The molecule has 3 rings (SSSR count). The van der Waals surface area contributed by atoms with Crippen LogP contribution in [0.3, 0.4) is 0 Å². The summed E-state index contributed by atoms with van der Waals surface area (Å²) in [6, 6.07) is 6.46. The van der Waals surface area contributed by atoms with Gasteiger partial charge in [-0.05, 0) is 63.5 Å². The number of rotatable bonds is 4. The molecule has 0 bridgehead atoms. The number of hydrogen-bond donors (Lipinski definition) is 1. The normalized spacial score (nSPS) is 17.9. The second-order valence-electron chi connectivity index (χ2n) is 6.11. The van der Waals surface area contributed by atoms with Crippen molar-refractivity contribution in [1.29, 1.82) is 0 Å². The second kappa shape index (κ2) is 5.96. The molecule has 0 atom stereocenters. The van der Waals surface area contributed by atoms with Crippen molar-refractivity contribution in [3.8, 4) is 0 Å². The van der Waals surface area contributed by atoms with E-state index in [0.29, 0.717) is 5.92 Å². The van der Waals surface area contributed by atoms with Gasteiger partial charge >= 0.3 is 0 Å². The van der Waals surface area contributed by atoms with E-state index >= 15 is 0 Å². The highest BCUT2D eigenvalue weighted by atomic mass is 15.1. The van der Waals surface area contributed by atoms with Crippen LogP contribution in [-0.4, -0.2) is 34.5 Å². The van der Waals surface area contributed by atoms with Crippen molar-refractivity contribution in [3.05, 3.63) is 29.6 Å². The molecule has 1 N–H and O–H groups in total. The maximum atomic E-state index is 4.79. The monoisotopic (exact) mass is 271 g/mol. The molecule has 3 nitrogen and oxygen atoms in total. The Morgan fingerprint density at radius 3 is 2.85 bits per heavy atom. The Hall–Kier alpha value is -1.35. The standard InChI is InChI=1S/C17H25N3/c1-3-4-9-20-10-7-14(8-11-20)17-18-15-6-5-13(2)12-16(15)19-17/h5-6,12,14H,3-4,7-11H2,1-2H3,(H,18,19). The highest BCUT2D eigenvalue weighted by Gasteiger charge is 2.22. The molecule has 3 heteroatoms. The highest BCUT2D eigenvalue weighted by molar-refractivity contribution is 5.75. The Morgan fingerprint density at radius 2 is 2.10 bits per heavy atom. The molecule has 1 aliphatic heterocycles. The van der Waals surface area contributed by atoms with Gasteiger partial charge < -0.3 is 9.88 Å². The third-order valence-corrected chi connectivity index (χ3v) is 4.46. The summed E-state index contributed by atoms with van der Waals surface area (Å²) in [4.78, 5) is 10.9. The molecule has 1 fully saturated rings. The Balaban J connectivity index is 1.67. The number of aryl methyl sites for hydroxylation is 1. The lowest BCUT2D eigenvalue weighted by Crippen LogP contribution is -2.33. The van der Waals surface area contributed by atoms with Crippen LogP contribution in [0.5, 0.6) is 0 Å². The van der Waals surface area contributed by atoms with Crippen molar-refractivity contribution in [2.45, 2.75) is 45.4 Å². The van der Waals surface area contributed by atoms with Gasteiger partial charge in [-0.3, -0.25) is 0 Å². The minimum absolute atomic E-state index is 0.612. The molecule has 0 amide bonds. The quantitative estimate of drug-likeness (QED) is 0.916. The Morgan fingerprint density at radius 1 is 1.30 bits per heavy atom. The first-order chi connectivity index (χ1) is 9.76. The predicted octanol–water partition coefficient (Wildman–Crippen LogP) is 3.85. The Kier molecular flexibility index (Phi) is 4.06.